The SMILES string of the molecule is CC(C)(C)c1ccc(Nc2ncc(Cl)c(Nc3cccc(C(F)(F)F)c3)n2)cc1. The summed E-state index contributed by atoms with van der Waals surface area (Å²) in [6.45, 7) is 6.39. The van der Waals surface area contributed by atoms with E-state index in [0.717, 1.165) is 17.8 Å². The summed E-state index contributed by atoms with van der Waals surface area (Å²) in [7, 11) is 0. The number of anilines is 4. The Kier molecular flexibility index (Phi) is 5.71. The molecular weight excluding hydrogens is 401 g/mol. The summed E-state index contributed by atoms with van der Waals surface area (Å²) in [5.41, 5.74) is 1.47. The summed E-state index contributed by atoms with van der Waals surface area (Å²) in [5.74, 6) is 0.474. The molecule has 0 aliphatic heterocycles. The molecule has 29 heavy (non-hydrogen) atoms. The second-order valence-corrected chi connectivity index (χ2v) is 7.95. The van der Waals surface area contributed by atoms with E-state index in [4.69, 9.17) is 11.6 Å². The van der Waals surface area contributed by atoms with Crippen molar-refractivity contribution in [2.45, 2.75) is 32.4 Å². The molecule has 2 N–H and O–H groups in total. The first kappa shape index (κ1) is 20.9. The largest absolute Gasteiger partial charge is 0.416 e. The zero-order valence-corrected chi connectivity index (χ0v) is 16.9. The standard InChI is InChI=1S/C21H20ClF3N4/c1-20(2,3)13-7-9-15(10-8-13)28-19-26-12-17(22)18(29-19)27-16-6-4-5-14(11-16)21(23,24)25/h4-12H,1-3H3,(H2,26,27,28,29). The monoisotopic (exact) mass is 420 g/mol. The van der Waals surface area contributed by atoms with E-state index in [-0.39, 0.29) is 27.9 Å². The molecule has 0 amide bonds. The molecule has 2 aromatic carbocycles. The van der Waals surface area contributed by atoms with Crippen molar-refractivity contribution >= 4 is 34.7 Å². The summed E-state index contributed by atoms with van der Waals surface area (Å²) in [6, 6.07) is 12.7. The zero-order chi connectivity index (χ0) is 21.2. The fourth-order valence-corrected chi connectivity index (χ4v) is 2.75. The van der Waals surface area contributed by atoms with Crippen molar-refractivity contribution < 1.29 is 13.2 Å². The lowest BCUT2D eigenvalue weighted by Crippen LogP contribution is -2.10. The molecule has 0 saturated heterocycles. The number of rotatable bonds is 4. The molecule has 0 fully saturated rings. The van der Waals surface area contributed by atoms with Crippen LogP contribution in [0.3, 0.4) is 0 Å². The van der Waals surface area contributed by atoms with Gasteiger partial charge in [-0.15, -0.1) is 0 Å². The lowest BCUT2D eigenvalue weighted by atomic mass is 9.87. The highest BCUT2D eigenvalue weighted by Crippen LogP contribution is 2.32. The first-order valence-corrected chi connectivity index (χ1v) is 9.24. The summed E-state index contributed by atoms with van der Waals surface area (Å²) in [4.78, 5) is 8.41. The molecule has 4 nitrogen and oxygen atoms in total. The third kappa shape index (κ3) is 5.38. The average Bonchev–Trinajstić information content (AvgIpc) is 2.64. The lowest BCUT2D eigenvalue weighted by Gasteiger charge is -2.19. The molecule has 0 spiro atoms. The molecular formula is C21H20ClF3N4. The molecule has 1 heterocycles. The third-order valence-electron chi connectivity index (χ3n) is 4.20. The molecule has 0 radical (unpaired) electrons. The average molecular weight is 421 g/mol. The Balaban J connectivity index is 1.80. The van der Waals surface area contributed by atoms with Gasteiger partial charge in [0.1, 0.15) is 5.02 Å². The fourth-order valence-electron chi connectivity index (χ4n) is 2.61. The fraction of sp³-hybridized carbons (Fsp3) is 0.238. The Morgan fingerprint density at radius 1 is 0.862 bits per heavy atom. The quantitative estimate of drug-likeness (QED) is 0.480. The Bertz CT molecular complexity index is 996. The second kappa shape index (κ2) is 7.91. The number of hydrogen-bond acceptors (Lipinski definition) is 4. The van der Waals surface area contributed by atoms with Crippen molar-refractivity contribution in [1.82, 2.24) is 9.97 Å². The number of nitrogens with zero attached hydrogens (tertiary/aromatic N) is 2. The van der Waals surface area contributed by atoms with E-state index >= 15 is 0 Å². The van der Waals surface area contributed by atoms with E-state index in [9.17, 15) is 13.2 Å². The van der Waals surface area contributed by atoms with E-state index in [1.807, 2.05) is 24.3 Å². The van der Waals surface area contributed by atoms with E-state index in [2.05, 4.69) is 41.4 Å². The molecule has 8 heteroatoms. The Labute approximate surface area is 172 Å². The minimum Gasteiger partial charge on any atom is -0.339 e. The van der Waals surface area contributed by atoms with Crippen LogP contribution in [0.4, 0.5) is 36.3 Å². The number of aromatic nitrogens is 2. The molecule has 3 rings (SSSR count). The predicted molar refractivity (Wildman–Crippen MR) is 110 cm³/mol. The molecule has 0 bridgehead atoms. The van der Waals surface area contributed by atoms with Crippen LogP contribution in [0.1, 0.15) is 31.9 Å². The van der Waals surface area contributed by atoms with Gasteiger partial charge in [-0.05, 0) is 41.3 Å². The molecule has 1 aromatic heterocycles. The van der Waals surface area contributed by atoms with Gasteiger partial charge in [0.2, 0.25) is 5.95 Å². The number of alkyl halides is 3. The van der Waals surface area contributed by atoms with Crippen LogP contribution in [0.15, 0.2) is 54.7 Å². The van der Waals surface area contributed by atoms with Crippen molar-refractivity contribution in [1.29, 1.82) is 0 Å². The van der Waals surface area contributed by atoms with E-state index in [1.54, 1.807) is 0 Å². The van der Waals surface area contributed by atoms with Crippen LogP contribution < -0.4 is 10.6 Å². The Morgan fingerprint density at radius 2 is 1.55 bits per heavy atom. The number of hydrogen-bond donors (Lipinski definition) is 2. The Hall–Kier alpha value is -2.80. The van der Waals surface area contributed by atoms with Crippen molar-refractivity contribution in [3.05, 3.63) is 70.9 Å². The van der Waals surface area contributed by atoms with Crippen LogP contribution in [0.5, 0.6) is 0 Å². The van der Waals surface area contributed by atoms with Crippen LogP contribution in [0, 0.1) is 0 Å². The topological polar surface area (TPSA) is 49.8 Å². The second-order valence-electron chi connectivity index (χ2n) is 7.55. The smallest absolute Gasteiger partial charge is 0.339 e. The van der Waals surface area contributed by atoms with Gasteiger partial charge in [0.05, 0.1) is 11.8 Å². The van der Waals surface area contributed by atoms with Gasteiger partial charge >= 0.3 is 6.18 Å². The lowest BCUT2D eigenvalue weighted by molar-refractivity contribution is -0.137. The van der Waals surface area contributed by atoms with Crippen molar-refractivity contribution in [3.63, 3.8) is 0 Å². The minimum absolute atomic E-state index is 0.0390. The molecule has 3 aromatic rings. The zero-order valence-electron chi connectivity index (χ0n) is 16.1. The maximum absolute atomic E-state index is 12.9. The molecule has 152 valence electrons. The molecule has 0 unspecified atom stereocenters. The van der Waals surface area contributed by atoms with Crippen LogP contribution >= 0.6 is 11.6 Å². The summed E-state index contributed by atoms with van der Waals surface area (Å²) < 4.78 is 38.7. The molecule has 0 atom stereocenters. The molecule has 0 saturated carbocycles. The van der Waals surface area contributed by atoms with E-state index in [1.165, 1.54) is 23.9 Å². The maximum Gasteiger partial charge on any atom is 0.416 e. The van der Waals surface area contributed by atoms with Gasteiger partial charge < -0.3 is 10.6 Å². The van der Waals surface area contributed by atoms with Gasteiger partial charge in [-0.3, -0.25) is 0 Å². The van der Waals surface area contributed by atoms with Gasteiger partial charge in [-0.1, -0.05) is 50.6 Å². The molecule has 0 aliphatic carbocycles. The first-order chi connectivity index (χ1) is 13.5. The highest BCUT2D eigenvalue weighted by molar-refractivity contribution is 6.32. The highest BCUT2D eigenvalue weighted by atomic mass is 35.5. The van der Waals surface area contributed by atoms with Crippen LogP contribution in [-0.2, 0) is 11.6 Å². The van der Waals surface area contributed by atoms with Crippen LogP contribution in [-0.4, -0.2) is 9.97 Å². The van der Waals surface area contributed by atoms with Crippen molar-refractivity contribution in [3.8, 4) is 0 Å². The minimum atomic E-state index is -4.43. The first-order valence-electron chi connectivity index (χ1n) is 8.87. The van der Waals surface area contributed by atoms with Crippen LogP contribution in [0.25, 0.3) is 0 Å². The Morgan fingerprint density at radius 3 is 2.17 bits per heavy atom. The maximum atomic E-state index is 12.9. The van der Waals surface area contributed by atoms with Crippen molar-refractivity contribution in [2.75, 3.05) is 10.6 Å². The third-order valence-corrected chi connectivity index (χ3v) is 4.48. The number of nitrogens with one attached hydrogen (secondary N) is 2. The summed E-state index contributed by atoms with van der Waals surface area (Å²) in [6.07, 6.45) is -3.05. The summed E-state index contributed by atoms with van der Waals surface area (Å²) >= 11 is 6.11. The normalized spacial score (nSPS) is 12.0. The van der Waals surface area contributed by atoms with Crippen LogP contribution in [0.2, 0.25) is 5.02 Å². The highest BCUT2D eigenvalue weighted by Gasteiger charge is 2.30. The van der Waals surface area contributed by atoms with Gasteiger partial charge in [0, 0.05) is 11.4 Å². The van der Waals surface area contributed by atoms with Gasteiger partial charge in [-0.25, -0.2) is 4.98 Å². The van der Waals surface area contributed by atoms with Gasteiger partial charge in [0.15, 0.2) is 5.82 Å². The predicted octanol–water partition coefficient (Wildman–Crippen LogP) is 6.93. The number of halogens is 4. The van der Waals surface area contributed by atoms with E-state index < -0.39 is 11.7 Å². The van der Waals surface area contributed by atoms with Crippen molar-refractivity contribution in [2.24, 2.45) is 0 Å². The summed E-state index contributed by atoms with van der Waals surface area (Å²) in [5, 5.41) is 6.08. The molecule has 0 aliphatic rings. The van der Waals surface area contributed by atoms with Gasteiger partial charge in [-0.2, -0.15) is 18.2 Å². The van der Waals surface area contributed by atoms with E-state index in [0.29, 0.717) is 0 Å². The van der Waals surface area contributed by atoms with Gasteiger partial charge in [0.25, 0.3) is 0 Å². The number of benzene rings is 2.